The van der Waals surface area contributed by atoms with Crippen molar-refractivity contribution >= 4 is 0 Å². The van der Waals surface area contributed by atoms with Gasteiger partial charge in [-0.2, -0.15) is 0 Å². The van der Waals surface area contributed by atoms with E-state index in [-0.39, 0.29) is 18.8 Å². The Bertz CT molecular complexity index is 299. The first-order chi connectivity index (χ1) is 12.7. The number of hydrogen-bond donors (Lipinski definition) is 3. The number of hydrogen-bond acceptors (Lipinski definition) is 3. The number of allylic oxidation sites excluding steroid dienone is 2. The van der Waals surface area contributed by atoms with Gasteiger partial charge in [0, 0.05) is 18.8 Å². The van der Waals surface area contributed by atoms with Gasteiger partial charge in [-0.3, -0.25) is 0 Å². The standard InChI is InChI=1S/C23H47NO2/c1-2-3-4-5-6-7-8-9-10-11-12-13-14-15-16-17-18-23(24,19-21-25)20-22-26/h9-10,25-26H,2-8,11-22,24H2,1H3/b10-9-. The second-order valence-corrected chi connectivity index (χ2v) is 8.00. The quantitative estimate of drug-likeness (QED) is 0.185. The maximum atomic E-state index is 9.10. The molecule has 0 saturated heterocycles. The Morgan fingerprint density at radius 1 is 0.615 bits per heavy atom. The molecular formula is C23H47NO2. The average Bonchev–Trinajstić information content (AvgIpc) is 2.62. The predicted octanol–water partition coefficient (Wildman–Crippen LogP) is 5.88. The molecule has 0 heterocycles. The molecule has 26 heavy (non-hydrogen) atoms. The molecule has 0 rings (SSSR count). The zero-order valence-corrected chi connectivity index (χ0v) is 17.6. The molecule has 3 nitrogen and oxygen atoms in total. The molecule has 0 radical (unpaired) electrons. The maximum absolute atomic E-state index is 9.10. The van der Waals surface area contributed by atoms with Gasteiger partial charge in [-0.1, -0.05) is 83.3 Å². The van der Waals surface area contributed by atoms with E-state index in [4.69, 9.17) is 15.9 Å². The first kappa shape index (κ1) is 25.6. The summed E-state index contributed by atoms with van der Waals surface area (Å²) in [5.41, 5.74) is 5.88. The SMILES string of the molecule is CCCCCCCC/C=C\CCCCCCCCC(N)(CCO)CCO. The van der Waals surface area contributed by atoms with Crippen molar-refractivity contribution in [3.63, 3.8) is 0 Å². The monoisotopic (exact) mass is 369 g/mol. The van der Waals surface area contributed by atoms with Gasteiger partial charge in [-0.05, 0) is 44.9 Å². The number of unbranched alkanes of at least 4 members (excludes halogenated alkanes) is 12. The molecule has 0 aliphatic heterocycles. The molecular weight excluding hydrogens is 322 g/mol. The average molecular weight is 370 g/mol. The largest absolute Gasteiger partial charge is 0.396 e. The van der Waals surface area contributed by atoms with E-state index in [1.807, 2.05) is 0 Å². The molecule has 0 bridgehead atoms. The van der Waals surface area contributed by atoms with Crippen LogP contribution in [0.25, 0.3) is 0 Å². The van der Waals surface area contributed by atoms with Crippen LogP contribution in [0.2, 0.25) is 0 Å². The summed E-state index contributed by atoms with van der Waals surface area (Å²) in [7, 11) is 0. The molecule has 0 amide bonds. The first-order valence-corrected chi connectivity index (χ1v) is 11.3. The molecule has 0 aromatic carbocycles. The van der Waals surface area contributed by atoms with Crippen LogP contribution in [0.1, 0.15) is 116 Å². The van der Waals surface area contributed by atoms with Crippen LogP contribution in [0.4, 0.5) is 0 Å². The van der Waals surface area contributed by atoms with Gasteiger partial charge in [0.1, 0.15) is 0 Å². The summed E-state index contributed by atoms with van der Waals surface area (Å²) < 4.78 is 0. The number of nitrogens with two attached hydrogens (primary N) is 1. The fourth-order valence-electron chi connectivity index (χ4n) is 3.54. The summed E-state index contributed by atoms with van der Waals surface area (Å²) in [6, 6.07) is 0. The summed E-state index contributed by atoms with van der Waals surface area (Å²) in [4.78, 5) is 0. The molecule has 4 N–H and O–H groups in total. The van der Waals surface area contributed by atoms with Gasteiger partial charge in [0.25, 0.3) is 0 Å². The molecule has 0 spiro atoms. The Morgan fingerprint density at radius 2 is 1.04 bits per heavy atom. The van der Waals surface area contributed by atoms with Gasteiger partial charge in [0.2, 0.25) is 0 Å². The van der Waals surface area contributed by atoms with Crippen molar-refractivity contribution in [1.82, 2.24) is 0 Å². The molecule has 3 heteroatoms. The van der Waals surface area contributed by atoms with Crippen LogP contribution in [-0.4, -0.2) is 29.0 Å². The summed E-state index contributed by atoms with van der Waals surface area (Å²) in [6.45, 7) is 2.50. The van der Waals surface area contributed by atoms with Gasteiger partial charge in [-0.15, -0.1) is 0 Å². The topological polar surface area (TPSA) is 66.5 Å². The zero-order valence-electron chi connectivity index (χ0n) is 17.6. The van der Waals surface area contributed by atoms with Crippen molar-refractivity contribution in [2.24, 2.45) is 5.73 Å². The van der Waals surface area contributed by atoms with Crippen LogP contribution in [0.5, 0.6) is 0 Å². The predicted molar refractivity (Wildman–Crippen MR) is 114 cm³/mol. The highest BCUT2D eigenvalue weighted by atomic mass is 16.3. The number of rotatable bonds is 20. The lowest BCUT2D eigenvalue weighted by Gasteiger charge is -2.28. The Balaban J connectivity index is 3.36. The molecule has 0 saturated carbocycles. The fraction of sp³-hybridized carbons (Fsp3) is 0.913. The van der Waals surface area contributed by atoms with E-state index >= 15 is 0 Å². The highest BCUT2D eigenvalue weighted by molar-refractivity contribution is 4.83. The summed E-state index contributed by atoms with van der Waals surface area (Å²) in [5.74, 6) is 0. The van der Waals surface area contributed by atoms with Crippen LogP contribution < -0.4 is 5.73 Å². The Labute approximate surface area is 163 Å². The zero-order chi connectivity index (χ0) is 19.3. The van der Waals surface area contributed by atoms with E-state index in [2.05, 4.69) is 19.1 Å². The van der Waals surface area contributed by atoms with Crippen molar-refractivity contribution in [3.05, 3.63) is 12.2 Å². The summed E-state index contributed by atoms with van der Waals surface area (Å²) in [5, 5.41) is 18.2. The molecule has 0 aliphatic carbocycles. The van der Waals surface area contributed by atoms with Crippen LogP contribution in [0.15, 0.2) is 12.2 Å². The van der Waals surface area contributed by atoms with E-state index in [9.17, 15) is 0 Å². The normalized spacial score (nSPS) is 12.3. The maximum Gasteiger partial charge on any atom is 0.0448 e. The molecule has 0 aromatic heterocycles. The molecule has 0 aromatic rings. The van der Waals surface area contributed by atoms with Crippen LogP contribution in [0.3, 0.4) is 0 Å². The van der Waals surface area contributed by atoms with Crippen molar-refractivity contribution in [1.29, 1.82) is 0 Å². The van der Waals surface area contributed by atoms with Crippen LogP contribution in [-0.2, 0) is 0 Å². The fourth-order valence-corrected chi connectivity index (χ4v) is 3.54. The molecule has 0 atom stereocenters. The molecule has 0 fully saturated rings. The Morgan fingerprint density at radius 3 is 1.50 bits per heavy atom. The lowest BCUT2D eigenvalue weighted by atomic mass is 9.87. The minimum absolute atomic E-state index is 0.114. The highest BCUT2D eigenvalue weighted by Crippen LogP contribution is 2.20. The second-order valence-electron chi connectivity index (χ2n) is 8.00. The third-order valence-corrected chi connectivity index (χ3v) is 5.41. The molecule has 0 unspecified atom stereocenters. The van der Waals surface area contributed by atoms with Crippen molar-refractivity contribution in [2.75, 3.05) is 13.2 Å². The van der Waals surface area contributed by atoms with Gasteiger partial charge in [0.15, 0.2) is 0 Å². The van der Waals surface area contributed by atoms with Gasteiger partial charge in [-0.25, -0.2) is 0 Å². The summed E-state index contributed by atoms with van der Waals surface area (Å²) in [6.07, 6.45) is 25.2. The van der Waals surface area contributed by atoms with E-state index in [0.29, 0.717) is 12.8 Å². The van der Waals surface area contributed by atoms with Crippen molar-refractivity contribution in [3.8, 4) is 0 Å². The number of aliphatic hydroxyl groups is 2. The molecule has 156 valence electrons. The lowest BCUT2D eigenvalue weighted by Crippen LogP contribution is -2.41. The third kappa shape index (κ3) is 17.1. The summed E-state index contributed by atoms with van der Waals surface area (Å²) >= 11 is 0. The van der Waals surface area contributed by atoms with E-state index in [1.165, 1.54) is 83.5 Å². The Hall–Kier alpha value is -0.380. The third-order valence-electron chi connectivity index (χ3n) is 5.41. The van der Waals surface area contributed by atoms with Crippen molar-refractivity contribution < 1.29 is 10.2 Å². The van der Waals surface area contributed by atoms with Crippen LogP contribution in [0, 0.1) is 0 Å². The van der Waals surface area contributed by atoms with E-state index in [1.54, 1.807) is 0 Å². The minimum atomic E-state index is -0.371. The lowest BCUT2D eigenvalue weighted by molar-refractivity contribution is 0.183. The van der Waals surface area contributed by atoms with Gasteiger partial charge >= 0.3 is 0 Å². The molecule has 0 aliphatic rings. The number of aliphatic hydroxyl groups excluding tert-OH is 2. The van der Waals surface area contributed by atoms with E-state index < -0.39 is 0 Å². The smallest absolute Gasteiger partial charge is 0.0448 e. The highest BCUT2D eigenvalue weighted by Gasteiger charge is 2.22. The van der Waals surface area contributed by atoms with E-state index in [0.717, 1.165) is 12.8 Å². The van der Waals surface area contributed by atoms with Gasteiger partial charge in [0.05, 0.1) is 0 Å². The Kier molecular flexibility index (Phi) is 19.1. The van der Waals surface area contributed by atoms with Crippen molar-refractivity contribution in [2.45, 2.75) is 122 Å². The van der Waals surface area contributed by atoms with Gasteiger partial charge < -0.3 is 15.9 Å². The van der Waals surface area contributed by atoms with Crippen LogP contribution >= 0.6 is 0 Å². The second kappa shape index (κ2) is 19.4. The first-order valence-electron chi connectivity index (χ1n) is 11.3. The minimum Gasteiger partial charge on any atom is -0.396 e.